The second kappa shape index (κ2) is 7.01. The largest absolute Gasteiger partial charge is 0.330 e. The number of rotatable bonds is 5. The van der Waals surface area contributed by atoms with Gasteiger partial charge in [-0.2, -0.15) is 11.8 Å². The maximum Gasteiger partial charge on any atom is 0.234 e. The third-order valence-corrected chi connectivity index (χ3v) is 3.07. The molecule has 0 saturated carbocycles. The van der Waals surface area contributed by atoms with Gasteiger partial charge in [0, 0.05) is 28.0 Å². The van der Waals surface area contributed by atoms with E-state index in [0.29, 0.717) is 28.0 Å². The van der Waals surface area contributed by atoms with Crippen molar-refractivity contribution in [2.24, 2.45) is 5.73 Å². The molecular weight excluding hydrogens is 267 g/mol. The van der Waals surface area contributed by atoms with Gasteiger partial charge in [0.1, 0.15) is 0 Å². The number of carbonyl (C=O) groups is 1. The summed E-state index contributed by atoms with van der Waals surface area (Å²) in [5, 5.41) is 3.71. The molecule has 1 aromatic carbocycles. The van der Waals surface area contributed by atoms with Crippen molar-refractivity contribution in [2.45, 2.75) is 0 Å². The quantitative estimate of drug-likeness (QED) is 0.815. The van der Waals surface area contributed by atoms with Gasteiger partial charge in [-0.25, -0.2) is 0 Å². The SMILES string of the molecule is NCCSCC(=O)Nc1cc(Cl)cc(Cl)c1. The molecule has 0 aliphatic rings. The monoisotopic (exact) mass is 278 g/mol. The summed E-state index contributed by atoms with van der Waals surface area (Å²) in [4.78, 5) is 11.5. The molecule has 1 amide bonds. The van der Waals surface area contributed by atoms with E-state index in [1.54, 1.807) is 18.2 Å². The number of anilines is 1. The van der Waals surface area contributed by atoms with Gasteiger partial charge in [0.15, 0.2) is 0 Å². The molecule has 3 N–H and O–H groups in total. The standard InChI is InChI=1S/C10H12Cl2N2OS/c11-7-3-8(12)5-9(4-7)14-10(15)6-16-2-1-13/h3-5H,1-2,6,13H2,(H,14,15). The molecule has 0 aromatic heterocycles. The Hall–Kier alpha value is -0.420. The van der Waals surface area contributed by atoms with Crippen LogP contribution in [-0.2, 0) is 4.79 Å². The molecule has 0 heterocycles. The lowest BCUT2D eigenvalue weighted by Crippen LogP contribution is -2.15. The van der Waals surface area contributed by atoms with Crippen LogP contribution in [0.15, 0.2) is 18.2 Å². The van der Waals surface area contributed by atoms with Gasteiger partial charge in [-0.3, -0.25) is 4.79 Å². The Morgan fingerprint density at radius 3 is 2.50 bits per heavy atom. The number of hydrogen-bond acceptors (Lipinski definition) is 3. The Labute approximate surface area is 109 Å². The van der Waals surface area contributed by atoms with Crippen LogP contribution in [0.1, 0.15) is 0 Å². The number of benzene rings is 1. The van der Waals surface area contributed by atoms with Crippen LogP contribution in [0.25, 0.3) is 0 Å². The minimum Gasteiger partial charge on any atom is -0.330 e. The third-order valence-electron chi connectivity index (χ3n) is 1.64. The minimum absolute atomic E-state index is 0.0863. The van der Waals surface area contributed by atoms with Crippen LogP contribution in [0.3, 0.4) is 0 Å². The molecule has 0 saturated heterocycles. The molecule has 1 rings (SSSR count). The number of carbonyl (C=O) groups excluding carboxylic acids is 1. The Balaban J connectivity index is 2.49. The highest BCUT2D eigenvalue weighted by Crippen LogP contribution is 2.22. The van der Waals surface area contributed by atoms with Crippen LogP contribution < -0.4 is 11.1 Å². The van der Waals surface area contributed by atoms with Gasteiger partial charge in [0.05, 0.1) is 5.75 Å². The van der Waals surface area contributed by atoms with E-state index in [9.17, 15) is 4.79 Å². The summed E-state index contributed by atoms with van der Waals surface area (Å²) >= 11 is 13.1. The number of hydrogen-bond donors (Lipinski definition) is 2. The fraction of sp³-hybridized carbons (Fsp3) is 0.300. The number of thioether (sulfide) groups is 1. The predicted octanol–water partition coefficient (Wildman–Crippen LogP) is 2.62. The lowest BCUT2D eigenvalue weighted by molar-refractivity contribution is -0.113. The molecule has 0 radical (unpaired) electrons. The highest BCUT2D eigenvalue weighted by atomic mass is 35.5. The molecule has 0 fully saturated rings. The molecule has 0 spiro atoms. The van der Waals surface area contributed by atoms with E-state index < -0.39 is 0 Å². The van der Waals surface area contributed by atoms with Gasteiger partial charge < -0.3 is 11.1 Å². The lowest BCUT2D eigenvalue weighted by atomic mass is 10.3. The first-order chi connectivity index (χ1) is 7.61. The normalized spacial score (nSPS) is 10.2. The second-order valence-corrected chi connectivity index (χ2v) is 5.03. The van der Waals surface area contributed by atoms with Gasteiger partial charge in [0.25, 0.3) is 0 Å². The van der Waals surface area contributed by atoms with Crippen molar-refractivity contribution in [3.63, 3.8) is 0 Å². The number of nitrogens with two attached hydrogens (primary N) is 1. The zero-order valence-electron chi connectivity index (χ0n) is 8.50. The second-order valence-electron chi connectivity index (χ2n) is 3.05. The van der Waals surface area contributed by atoms with E-state index in [2.05, 4.69) is 5.32 Å². The highest BCUT2D eigenvalue weighted by molar-refractivity contribution is 7.99. The Kier molecular flexibility index (Phi) is 5.98. The van der Waals surface area contributed by atoms with Crippen LogP contribution >= 0.6 is 35.0 Å². The maximum absolute atomic E-state index is 11.5. The van der Waals surface area contributed by atoms with Gasteiger partial charge in [0.2, 0.25) is 5.91 Å². The van der Waals surface area contributed by atoms with E-state index in [1.807, 2.05) is 0 Å². The summed E-state index contributed by atoms with van der Waals surface area (Å²) < 4.78 is 0. The van der Waals surface area contributed by atoms with Crippen molar-refractivity contribution in [3.8, 4) is 0 Å². The average Bonchev–Trinajstić information content (AvgIpc) is 2.16. The number of amides is 1. The number of nitrogens with one attached hydrogen (secondary N) is 1. The summed E-state index contributed by atoms with van der Waals surface area (Å²) in [7, 11) is 0. The van der Waals surface area contributed by atoms with Crippen molar-refractivity contribution >= 4 is 46.6 Å². The smallest absolute Gasteiger partial charge is 0.234 e. The molecule has 1 aromatic rings. The van der Waals surface area contributed by atoms with E-state index in [-0.39, 0.29) is 5.91 Å². The first-order valence-electron chi connectivity index (χ1n) is 4.65. The Bertz CT molecular complexity index is 354. The Morgan fingerprint density at radius 1 is 1.31 bits per heavy atom. The van der Waals surface area contributed by atoms with Crippen molar-refractivity contribution in [3.05, 3.63) is 28.2 Å². The molecular formula is C10H12Cl2N2OS. The molecule has 16 heavy (non-hydrogen) atoms. The molecule has 0 unspecified atom stereocenters. The fourth-order valence-electron chi connectivity index (χ4n) is 1.07. The molecule has 3 nitrogen and oxygen atoms in total. The summed E-state index contributed by atoms with van der Waals surface area (Å²) in [6.07, 6.45) is 0. The molecule has 0 atom stereocenters. The topological polar surface area (TPSA) is 55.1 Å². The van der Waals surface area contributed by atoms with Crippen LogP contribution in [0.5, 0.6) is 0 Å². The van der Waals surface area contributed by atoms with E-state index >= 15 is 0 Å². The third kappa shape index (κ3) is 5.07. The number of halogens is 2. The molecule has 6 heteroatoms. The molecule has 0 aliphatic heterocycles. The van der Waals surface area contributed by atoms with E-state index in [0.717, 1.165) is 5.75 Å². The fourth-order valence-corrected chi connectivity index (χ4v) is 2.17. The first-order valence-corrected chi connectivity index (χ1v) is 6.56. The van der Waals surface area contributed by atoms with Crippen molar-refractivity contribution < 1.29 is 4.79 Å². The zero-order chi connectivity index (χ0) is 12.0. The summed E-state index contributed by atoms with van der Waals surface area (Å²) in [6, 6.07) is 4.92. The summed E-state index contributed by atoms with van der Waals surface area (Å²) in [6.45, 7) is 0.570. The van der Waals surface area contributed by atoms with E-state index in [4.69, 9.17) is 28.9 Å². The minimum atomic E-state index is -0.0863. The molecule has 0 bridgehead atoms. The van der Waals surface area contributed by atoms with Crippen molar-refractivity contribution in [1.29, 1.82) is 0 Å². The van der Waals surface area contributed by atoms with Gasteiger partial charge >= 0.3 is 0 Å². The summed E-state index contributed by atoms with van der Waals surface area (Å²) in [5.74, 6) is 1.06. The van der Waals surface area contributed by atoms with Crippen LogP contribution in [0.4, 0.5) is 5.69 Å². The van der Waals surface area contributed by atoms with Gasteiger partial charge in [-0.05, 0) is 18.2 Å². The first kappa shape index (κ1) is 13.6. The zero-order valence-corrected chi connectivity index (χ0v) is 10.8. The van der Waals surface area contributed by atoms with E-state index in [1.165, 1.54) is 11.8 Å². The van der Waals surface area contributed by atoms with Crippen LogP contribution in [0.2, 0.25) is 10.0 Å². The Morgan fingerprint density at radius 2 is 1.94 bits per heavy atom. The maximum atomic E-state index is 11.5. The van der Waals surface area contributed by atoms with Crippen molar-refractivity contribution in [1.82, 2.24) is 0 Å². The van der Waals surface area contributed by atoms with Crippen molar-refractivity contribution in [2.75, 3.05) is 23.4 Å². The van der Waals surface area contributed by atoms with Gasteiger partial charge in [-0.15, -0.1) is 0 Å². The molecule has 88 valence electrons. The average molecular weight is 279 g/mol. The highest BCUT2D eigenvalue weighted by Gasteiger charge is 2.04. The molecule has 0 aliphatic carbocycles. The van der Waals surface area contributed by atoms with Crippen LogP contribution in [-0.4, -0.2) is 24.0 Å². The van der Waals surface area contributed by atoms with Crippen LogP contribution in [0, 0.1) is 0 Å². The lowest BCUT2D eigenvalue weighted by Gasteiger charge is -2.05. The predicted molar refractivity (Wildman–Crippen MR) is 71.5 cm³/mol. The summed E-state index contributed by atoms with van der Waals surface area (Å²) in [5.41, 5.74) is 5.93. The van der Waals surface area contributed by atoms with Gasteiger partial charge in [-0.1, -0.05) is 23.2 Å².